The molecule has 0 spiro atoms. The van der Waals surface area contributed by atoms with Crippen LogP contribution >= 0.6 is 0 Å². The summed E-state index contributed by atoms with van der Waals surface area (Å²) in [7, 11) is 0. The van der Waals surface area contributed by atoms with Crippen molar-refractivity contribution in [1.82, 2.24) is 10.3 Å². The van der Waals surface area contributed by atoms with Crippen molar-refractivity contribution in [1.29, 1.82) is 0 Å². The zero-order valence-electron chi connectivity index (χ0n) is 12.4. The van der Waals surface area contributed by atoms with Gasteiger partial charge in [-0.25, -0.2) is 0 Å². The van der Waals surface area contributed by atoms with Crippen LogP contribution in [0.15, 0.2) is 42.7 Å². The Labute approximate surface area is 121 Å². The van der Waals surface area contributed by atoms with Crippen molar-refractivity contribution in [2.24, 2.45) is 0 Å². The number of pyridine rings is 1. The summed E-state index contributed by atoms with van der Waals surface area (Å²) in [5, 5.41) is 3.31. The smallest absolute Gasteiger partial charge is 0.119 e. The van der Waals surface area contributed by atoms with Crippen LogP contribution in [-0.2, 0) is 6.54 Å². The van der Waals surface area contributed by atoms with Gasteiger partial charge >= 0.3 is 0 Å². The molecule has 0 saturated heterocycles. The molecule has 0 fully saturated rings. The van der Waals surface area contributed by atoms with Gasteiger partial charge < -0.3 is 10.1 Å². The number of ether oxygens (including phenoxy) is 1. The molecule has 106 valence electrons. The maximum atomic E-state index is 5.66. The Morgan fingerprint density at radius 2 is 1.85 bits per heavy atom. The molecule has 0 amide bonds. The van der Waals surface area contributed by atoms with Crippen LogP contribution in [-0.4, -0.2) is 17.6 Å². The summed E-state index contributed by atoms with van der Waals surface area (Å²) in [6.45, 7) is 7.98. The van der Waals surface area contributed by atoms with Crippen molar-refractivity contribution in [3.8, 4) is 16.9 Å². The molecule has 0 aliphatic rings. The average Bonchev–Trinajstić information content (AvgIpc) is 2.45. The predicted molar refractivity (Wildman–Crippen MR) is 82.8 cm³/mol. The van der Waals surface area contributed by atoms with Gasteiger partial charge in [0.15, 0.2) is 0 Å². The summed E-state index contributed by atoms with van der Waals surface area (Å²) in [5.41, 5.74) is 3.50. The molecule has 2 aromatic rings. The third-order valence-electron chi connectivity index (χ3n) is 2.93. The number of aromatic nitrogens is 1. The van der Waals surface area contributed by atoms with Gasteiger partial charge in [-0.3, -0.25) is 4.98 Å². The van der Waals surface area contributed by atoms with Gasteiger partial charge in [-0.05, 0) is 49.7 Å². The highest BCUT2D eigenvalue weighted by Gasteiger charge is 2.02. The molecule has 0 aliphatic carbocycles. The van der Waals surface area contributed by atoms with Crippen LogP contribution in [0.5, 0.6) is 5.75 Å². The average molecular weight is 270 g/mol. The third kappa shape index (κ3) is 4.07. The standard InChI is InChI=1S/C17H22N2O/c1-4-18-10-14-9-16(12-19-11-14)15-5-7-17(8-6-15)20-13(2)3/h5-9,11-13,18H,4,10H2,1-3H3. The molecular weight excluding hydrogens is 248 g/mol. The van der Waals surface area contributed by atoms with Crippen LogP contribution in [0.1, 0.15) is 26.3 Å². The molecule has 1 heterocycles. The summed E-state index contributed by atoms with van der Waals surface area (Å²) in [5.74, 6) is 0.903. The Bertz CT molecular complexity index is 535. The Kier molecular flexibility index (Phi) is 5.13. The van der Waals surface area contributed by atoms with E-state index in [0.717, 1.165) is 30.0 Å². The first kappa shape index (κ1) is 14.5. The second kappa shape index (κ2) is 7.06. The lowest BCUT2D eigenvalue weighted by atomic mass is 10.1. The van der Waals surface area contributed by atoms with E-state index in [4.69, 9.17) is 4.74 Å². The monoisotopic (exact) mass is 270 g/mol. The molecule has 1 N–H and O–H groups in total. The highest BCUT2D eigenvalue weighted by atomic mass is 16.5. The number of nitrogens with one attached hydrogen (secondary N) is 1. The first-order chi connectivity index (χ1) is 9.69. The molecule has 3 heteroatoms. The van der Waals surface area contributed by atoms with Gasteiger partial charge in [-0.1, -0.05) is 19.1 Å². The van der Waals surface area contributed by atoms with Crippen molar-refractivity contribution in [2.75, 3.05) is 6.54 Å². The summed E-state index contributed by atoms with van der Waals surface area (Å²) in [6.07, 6.45) is 4.00. The van der Waals surface area contributed by atoms with E-state index in [1.165, 1.54) is 5.56 Å². The summed E-state index contributed by atoms with van der Waals surface area (Å²) < 4.78 is 5.66. The Hall–Kier alpha value is -1.87. The summed E-state index contributed by atoms with van der Waals surface area (Å²) in [4.78, 5) is 4.31. The van der Waals surface area contributed by atoms with Gasteiger partial charge in [0.1, 0.15) is 5.75 Å². The lowest BCUT2D eigenvalue weighted by molar-refractivity contribution is 0.242. The highest BCUT2D eigenvalue weighted by Crippen LogP contribution is 2.23. The molecule has 3 nitrogen and oxygen atoms in total. The quantitative estimate of drug-likeness (QED) is 0.870. The lowest BCUT2D eigenvalue weighted by Gasteiger charge is -2.10. The second-order valence-corrected chi connectivity index (χ2v) is 5.05. The van der Waals surface area contributed by atoms with Gasteiger partial charge in [0.25, 0.3) is 0 Å². The molecule has 0 aliphatic heterocycles. The first-order valence-corrected chi connectivity index (χ1v) is 7.10. The molecule has 2 rings (SSSR count). The molecule has 1 aromatic heterocycles. The largest absolute Gasteiger partial charge is 0.491 e. The Balaban J connectivity index is 2.14. The highest BCUT2D eigenvalue weighted by molar-refractivity contribution is 5.63. The SMILES string of the molecule is CCNCc1cncc(-c2ccc(OC(C)C)cc2)c1. The van der Waals surface area contributed by atoms with E-state index >= 15 is 0 Å². The van der Waals surface area contributed by atoms with Crippen LogP contribution < -0.4 is 10.1 Å². The fourth-order valence-electron chi connectivity index (χ4n) is 2.01. The molecule has 0 bridgehead atoms. The molecule has 0 saturated carbocycles. The Morgan fingerprint density at radius 1 is 1.10 bits per heavy atom. The number of nitrogens with zero attached hydrogens (tertiary/aromatic N) is 1. The van der Waals surface area contributed by atoms with Crippen LogP contribution in [0, 0.1) is 0 Å². The van der Waals surface area contributed by atoms with Crippen LogP contribution in [0.3, 0.4) is 0 Å². The van der Waals surface area contributed by atoms with Crippen LogP contribution in [0.2, 0.25) is 0 Å². The van der Waals surface area contributed by atoms with Crippen LogP contribution in [0.25, 0.3) is 11.1 Å². The maximum Gasteiger partial charge on any atom is 0.119 e. The normalized spacial score (nSPS) is 10.8. The number of hydrogen-bond donors (Lipinski definition) is 1. The van der Waals surface area contributed by atoms with E-state index in [1.807, 2.05) is 38.4 Å². The number of benzene rings is 1. The molecule has 0 radical (unpaired) electrons. The van der Waals surface area contributed by atoms with Crippen LogP contribution in [0.4, 0.5) is 0 Å². The fraction of sp³-hybridized carbons (Fsp3) is 0.353. The van der Waals surface area contributed by atoms with E-state index in [2.05, 4.69) is 35.4 Å². The second-order valence-electron chi connectivity index (χ2n) is 5.05. The lowest BCUT2D eigenvalue weighted by Crippen LogP contribution is -2.11. The predicted octanol–water partition coefficient (Wildman–Crippen LogP) is 3.65. The van der Waals surface area contributed by atoms with E-state index in [9.17, 15) is 0 Å². The fourth-order valence-corrected chi connectivity index (χ4v) is 2.01. The van der Waals surface area contributed by atoms with Gasteiger partial charge in [-0.2, -0.15) is 0 Å². The van der Waals surface area contributed by atoms with Gasteiger partial charge in [-0.15, -0.1) is 0 Å². The third-order valence-corrected chi connectivity index (χ3v) is 2.93. The van der Waals surface area contributed by atoms with Crippen molar-refractivity contribution in [3.05, 3.63) is 48.3 Å². The molecule has 20 heavy (non-hydrogen) atoms. The zero-order chi connectivity index (χ0) is 14.4. The van der Waals surface area contributed by atoms with Gasteiger partial charge in [0.2, 0.25) is 0 Å². The first-order valence-electron chi connectivity index (χ1n) is 7.10. The van der Waals surface area contributed by atoms with Crippen molar-refractivity contribution in [2.45, 2.75) is 33.4 Å². The van der Waals surface area contributed by atoms with Gasteiger partial charge in [0.05, 0.1) is 6.10 Å². The van der Waals surface area contributed by atoms with E-state index in [-0.39, 0.29) is 6.10 Å². The number of rotatable bonds is 6. The van der Waals surface area contributed by atoms with E-state index in [1.54, 1.807) is 0 Å². The van der Waals surface area contributed by atoms with E-state index < -0.39 is 0 Å². The molecule has 1 aromatic carbocycles. The molecule has 0 atom stereocenters. The summed E-state index contributed by atoms with van der Waals surface area (Å²) in [6, 6.07) is 10.3. The summed E-state index contributed by atoms with van der Waals surface area (Å²) >= 11 is 0. The van der Waals surface area contributed by atoms with Crippen molar-refractivity contribution >= 4 is 0 Å². The minimum atomic E-state index is 0.200. The molecular formula is C17H22N2O. The number of hydrogen-bond acceptors (Lipinski definition) is 3. The van der Waals surface area contributed by atoms with Crippen molar-refractivity contribution in [3.63, 3.8) is 0 Å². The zero-order valence-corrected chi connectivity index (χ0v) is 12.4. The minimum Gasteiger partial charge on any atom is -0.491 e. The van der Waals surface area contributed by atoms with Crippen molar-refractivity contribution < 1.29 is 4.74 Å². The maximum absolute atomic E-state index is 5.66. The minimum absolute atomic E-state index is 0.200. The van der Waals surface area contributed by atoms with Gasteiger partial charge in [0, 0.05) is 24.5 Å². The molecule has 0 unspecified atom stereocenters. The Morgan fingerprint density at radius 3 is 2.50 bits per heavy atom. The van der Waals surface area contributed by atoms with E-state index in [0.29, 0.717) is 0 Å². The topological polar surface area (TPSA) is 34.2 Å².